The number of fused-ring (bicyclic) bond motifs is 11. The van der Waals surface area contributed by atoms with E-state index >= 15 is 0 Å². The lowest BCUT2D eigenvalue weighted by molar-refractivity contribution is 0.670. The number of benzene rings is 9. The quantitative estimate of drug-likeness (QED) is 0.178. The van der Waals surface area contributed by atoms with Crippen LogP contribution in [0.3, 0.4) is 0 Å². The molecule has 13 rings (SSSR count). The van der Waals surface area contributed by atoms with E-state index in [2.05, 4.69) is 197 Å². The lowest BCUT2D eigenvalue weighted by Crippen LogP contribution is -2.06. The third-order valence-corrected chi connectivity index (χ3v) is 13.3. The van der Waals surface area contributed by atoms with Crippen LogP contribution in [0, 0.1) is 0 Å². The van der Waals surface area contributed by atoms with E-state index < -0.39 is 0 Å². The van der Waals surface area contributed by atoms with Gasteiger partial charge in [0.25, 0.3) is 0 Å². The molecule has 0 spiro atoms. The lowest BCUT2D eigenvalue weighted by atomic mass is 9.97. The summed E-state index contributed by atoms with van der Waals surface area (Å²) in [5.74, 6) is 0. The molecule has 1 aliphatic heterocycles. The summed E-state index contributed by atoms with van der Waals surface area (Å²) in [5, 5.41) is 8.56. The highest BCUT2D eigenvalue weighted by Crippen LogP contribution is 2.53. The van der Waals surface area contributed by atoms with Crippen molar-refractivity contribution in [3.8, 4) is 44.8 Å². The first-order chi connectivity index (χ1) is 28.8. The van der Waals surface area contributed by atoms with Gasteiger partial charge in [-0.15, -0.1) is 0 Å². The Labute approximate surface area is 338 Å². The Kier molecular flexibility index (Phi) is 6.66. The van der Waals surface area contributed by atoms with Crippen LogP contribution < -0.4 is 0 Å². The van der Waals surface area contributed by atoms with Crippen LogP contribution in [0.5, 0.6) is 0 Å². The van der Waals surface area contributed by atoms with E-state index in [4.69, 9.17) is 4.42 Å². The minimum atomic E-state index is 0.912. The maximum atomic E-state index is 6.50. The number of hydrogen-bond donors (Lipinski definition) is 0. The summed E-state index contributed by atoms with van der Waals surface area (Å²) in [6.45, 7) is 0. The van der Waals surface area contributed by atoms with Crippen LogP contribution >= 0.6 is 11.8 Å². The van der Waals surface area contributed by atoms with Gasteiger partial charge in [-0.25, -0.2) is 0 Å². The molecule has 0 saturated heterocycles. The molecule has 4 heteroatoms. The highest BCUT2D eigenvalue weighted by atomic mass is 32.2. The summed E-state index contributed by atoms with van der Waals surface area (Å²) >= 11 is 1.88. The molecule has 270 valence electrons. The van der Waals surface area contributed by atoms with Crippen molar-refractivity contribution in [1.82, 2.24) is 9.13 Å². The van der Waals surface area contributed by atoms with Crippen molar-refractivity contribution in [2.75, 3.05) is 0 Å². The van der Waals surface area contributed by atoms with E-state index in [9.17, 15) is 0 Å². The third kappa shape index (κ3) is 4.46. The Hall–Kier alpha value is -7.27. The number of aromatic nitrogens is 2. The van der Waals surface area contributed by atoms with E-state index in [0.717, 1.165) is 38.8 Å². The van der Waals surface area contributed by atoms with Crippen molar-refractivity contribution in [2.24, 2.45) is 0 Å². The molecule has 12 aromatic rings. The molecular weight excluding hydrogens is 725 g/mol. The second-order valence-corrected chi connectivity index (χ2v) is 16.3. The number of hydrogen-bond acceptors (Lipinski definition) is 2. The molecule has 0 saturated carbocycles. The normalized spacial score (nSPS) is 12.4. The molecule has 0 aliphatic carbocycles. The van der Waals surface area contributed by atoms with Crippen molar-refractivity contribution in [3.63, 3.8) is 0 Å². The van der Waals surface area contributed by atoms with Gasteiger partial charge < -0.3 is 4.42 Å². The third-order valence-electron chi connectivity index (χ3n) is 12.1. The van der Waals surface area contributed by atoms with Gasteiger partial charge in [-0.3, -0.25) is 9.13 Å². The minimum absolute atomic E-state index is 0.912. The van der Waals surface area contributed by atoms with E-state index in [-0.39, 0.29) is 0 Å². The fourth-order valence-corrected chi connectivity index (χ4v) is 10.8. The van der Waals surface area contributed by atoms with Crippen LogP contribution in [0.1, 0.15) is 0 Å². The smallest absolute Gasteiger partial charge is 0.143 e. The summed E-state index contributed by atoms with van der Waals surface area (Å²) in [6, 6.07) is 70.6. The van der Waals surface area contributed by atoms with Crippen LogP contribution in [0.2, 0.25) is 0 Å². The number of nitrogens with zero attached hydrogens (tertiary/aromatic N) is 2. The molecule has 4 heterocycles. The maximum absolute atomic E-state index is 6.50. The zero-order chi connectivity index (χ0) is 37.9. The zero-order valence-corrected chi connectivity index (χ0v) is 32.0. The SMILES string of the molecule is c1ccc(-c2cccc3c2c2c4cccc5c4n(c2n3-c2ccc3ccccc3c2)-c2cccc(-c3cccc(-c4cccc6c4oc4ccccc46)c3)c2S5)cc1. The first kappa shape index (κ1) is 31.9. The largest absolute Gasteiger partial charge is 0.455 e. The van der Waals surface area contributed by atoms with Gasteiger partial charge in [0, 0.05) is 48.0 Å². The molecule has 9 aromatic carbocycles. The molecule has 3 nitrogen and oxygen atoms in total. The Morgan fingerprint density at radius 1 is 0.431 bits per heavy atom. The first-order valence-electron chi connectivity index (χ1n) is 19.8. The van der Waals surface area contributed by atoms with Gasteiger partial charge in [0.05, 0.1) is 16.7 Å². The van der Waals surface area contributed by atoms with Crippen LogP contribution in [0.15, 0.2) is 208 Å². The fourth-order valence-electron chi connectivity index (χ4n) is 9.58. The summed E-state index contributed by atoms with van der Waals surface area (Å²) in [4.78, 5) is 2.50. The summed E-state index contributed by atoms with van der Waals surface area (Å²) in [7, 11) is 0. The molecule has 1 aliphatic rings. The van der Waals surface area contributed by atoms with Gasteiger partial charge in [0.2, 0.25) is 0 Å². The van der Waals surface area contributed by atoms with Crippen LogP contribution in [0.25, 0.3) is 110 Å². The highest BCUT2D eigenvalue weighted by molar-refractivity contribution is 8.00. The molecule has 58 heavy (non-hydrogen) atoms. The lowest BCUT2D eigenvalue weighted by Gasteiger charge is -2.23. The number of para-hydroxylation sites is 3. The summed E-state index contributed by atoms with van der Waals surface area (Å²) in [6.07, 6.45) is 0. The van der Waals surface area contributed by atoms with Gasteiger partial charge >= 0.3 is 0 Å². The highest BCUT2D eigenvalue weighted by Gasteiger charge is 2.30. The molecule has 0 atom stereocenters. The first-order valence-corrected chi connectivity index (χ1v) is 20.6. The predicted molar refractivity (Wildman–Crippen MR) is 243 cm³/mol. The predicted octanol–water partition coefficient (Wildman–Crippen LogP) is 15.2. The Morgan fingerprint density at radius 3 is 2.05 bits per heavy atom. The van der Waals surface area contributed by atoms with Crippen LogP contribution in [-0.2, 0) is 0 Å². The number of rotatable bonds is 4. The van der Waals surface area contributed by atoms with Gasteiger partial charge in [0.1, 0.15) is 16.8 Å². The van der Waals surface area contributed by atoms with E-state index in [0.29, 0.717) is 0 Å². The molecule has 0 bridgehead atoms. The van der Waals surface area contributed by atoms with Crippen molar-refractivity contribution in [3.05, 3.63) is 194 Å². The molecule has 3 aromatic heterocycles. The standard InChI is InChI=1S/C54H32N2OS/c1-2-14-34(15-3-1)39-20-10-25-45-49(39)50-44-24-12-28-48-51(44)56(54(50)55(45)38-30-29-33-13-4-5-16-35(33)32-38)46-26-11-22-41(53(46)58-48)37-18-8-17-36(31-37)40-21-9-23-43-42-19-6-7-27-47(42)57-52(40)43/h1-32H. The van der Waals surface area contributed by atoms with Gasteiger partial charge in [0.15, 0.2) is 0 Å². The minimum Gasteiger partial charge on any atom is -0.455 e. The summed E-state index contributed by atoms with van der Waals surface area (Å²) < 4.78 is 11.6. The molecule has 0 unspecified atom stereocenters. The van der Waals surface area contributed by atoms with Crippen LogP contribution in [-0.4, -0.2) is 9.13 Å². The molecule has 0 amide bonds. The van der Waals surface area contributed by atoms with Crippen molar-refractivity contribution < 1.29 is 4.42 Å². The van der Waals surface area contributed by atoms with Crippen molar-refractivity contribution in [2.45, 2.75) is 9.79 Å². The Balaban J connectivity index is 1.09. The second kappa shape index (κ2) is 12.1. The van der Waals surface area contributed by atoms with Crippen molar-refractivity contribution >= 4 is 77.3 Å². The second-order valence-electron chi connectivity index (χ2n) is 15.2. The molecule has 0 N–H and O–H groups in total. The number of furan rings is 1. The fraction of sp³-hybridized carbons (Fsp3) is 0. The average molecular weight is 757 g/mol. The Morgan fingerprint density at radius 2 is 1.12 bits per heavy atom. The van der Waals surface area contributed by atoms with Gasteiger partial charge in [-0.05, 0) is 81.1 Å². The Bertz CT molecular complexity index is 3660. The van der Waals surface area contributed by atoms with E-state index in [1.54, 1.807) is 0 Å². The van der Waals surface area contributed by atoms with E-state index in [1.807, 2.05) is 17.8 Å². The monoisotopic (exact) mass is 756 g/mol. The van der Waals surface area contributed by atoms with Crippen LogP contribution in [0.4, 0.5) is 0 Å². The summed E-state index contributed by atoms with van der Waals surface area (Å²) in [5.41, 5.74) is 14.9. The van der Waals surface area contributed by atoms with E-state index in [1.165, 1.54) is 81.3 Å². The molecule has 0 fully saturated rings. The molecular formula is C54H32N2OS. The average Bonchev–Trinajstić information content (AvgIpc) is 3.95. The van der Waals surface area contributed by atoms with Crippen molar-refractivity contribution in [1.29, 1.82) is 0 Å². The molecule has 0 radical (unpaired) electrons. The topological polar surface area (TPSA) is 23.0 Å². The van der Waals surface area contributed by atoms with Gasteiger partial charge in [-0.2, -0.15) is 0 Å². The van der Waals surface area contributed by atoms with Gasteiger partial charge in [-0.1, -0.05) is 163 Å². The zero-order valence-electron chi connectivity index (χ0n) is 31.2. The maximum Gasteiger partial charge on any atom is 0.143 e.